The first-order valence-corrected chi connectivity index (χ1v) is 9.67. The van der Waals surface area contributed by atoms with E-state index in [1.165, 1.54) is 6.07 Å². The molecule has 0 saturated carbocycles. The Hall–Kier alpha value is -2.70. The van der Waals surface area contributed by atoms with Gasteiger partial charge >= 0.3 is 0 Å². The molecule has 1 aromatic heterocycles. The summed E-state index contributed by atoms with van der Waals surface area (Å²) in [6.07, 6.45) is 2.27. The van der Waals surface area contributed by atoms with Crippen molar-refractivity contribution in [2.45, 2.75) is 32.2 Å². The molecule has 28 heavy (non-hydrogen) atoms. The van der Waals surface area contributed by atoms with Gasteiger partial charge in [-0.1, -0.05) is 25.1 Å². The smallest absolute Gasteiger partial charge is 0.267 e. The number of nitrogens with one attached hydrogen (secondary N) is 2. The Balaban J connectivity index is 1.76. The van der Waals surface area contributed by atoms with Crippen molar-refractivity contribution in [3.05, 3.63) is 59.5 Å². The Morgan fingerprint density at radius 3 is 2.68 bits per heavy atom. The SMILES string of the molecule is CCc1cc(-c2ccc3cc(C(=O)NC[C@@H](N)CCCN)[nH]c3c2)ccc1F. The van der Waals surface area contributed by atoms with Crippen LogP contribution in [0.25, 0.3) is 22.0 Å². The lowest BCUT2D eigenvalue weighted by molar-refractivity contribution is 0.0946. The molecule has 6 N–H and O–H groups in total. The molecule has 0 aliphatic rings. The van der Waals surface area contributed by atoms with Crippen LogP contribution in [0.3, 0.4) is 0 Å². The minimum absolute atomic E-state index is 0.102. The van der Waals surface area contributed by atoms with Crippen LogP contribution >= 0.6 is 0 Å². The van der Waals surface area contributed by atoms with E-state index >= 15 is 0 Å². The van der Waals surface area contributed by atoms with E-state index in [1.807, 2.05) is 37.3 Å². The highest BCUT2D eigenvalue weighted by Crippen LogP contribution is 2.26. The Morgan fingerprint density at radius 2 is 1.93 bits per heavy atom. The zero-order chi connectivity index (χ0) is 20.1. The third-order valence-corrected chi connectivity index (χ3v) is 4.93. The zero-order valence-corrected chi connectivity index (χ0v) is 16.1. The van der Waals surface area contributed by atoms with Crippen LogP contribution in [0.2, 0.25) is 0 Å². The number of benzene rings is 2. The number of aromatic amines is 1. The summed E-state index contributed by atoms with van der Waals surface area (Å²) in [5.74, 6) is -0.369. The first-order valence-electron chi connectivity index (χ1n) is 9.67. The van der Waals surface area contributed by atoms with E-state index in [-0.39, 0.29) is 17.8 Å². The Kier molecular flexibility index (Phi) is 6.44. The fraction of sp³-hybridized carbons (Fsp3) is 0.318. The molecule has 0 saturated heterocycles. The maximum atomic E-state index is 13.8. The quantitative estimate of drug-likeness (QED) is 0.481. The van der Waals surface area contributed by atoms with Gasteiger partial charge in [0.15, 0.2) is 0 Å². The van der Waals surface area contributed by atoms with E-state index < -0.39 is 0 Å². The molecule has 6 heteroatoms. The van der Waals surface area contributed by atoms with Gasteiger partial charge < -0.3 is 21.8 Å². The Morgan fingerprint density at radius 1 is 1.18 bits per heavy atom. The fourth-order valence-corrected chi connectivity index (χ4v) is 3.26. The second kappa shape index (κ2) is 8.99. The number of amides is 1. The van der Waals surface area contributed by atoms with Gasteiger partial charge in [-0.25, -0.2) is 4.39 Å². The summed E-state index contributed by atoms with van der Waals surface area (Å²) in [5, 5.41) is 3.80. The summed E-state index contributed by atoms with van der Waals surface area (Å²) in [6.45, 7) is 2.94. The van der Waals surface area contributed by atoms with Gasteiger partial charge in [0.1, 0.15) is 11.5 Å². The van der Waals surface area contributed by atoms with Gasteiger partial charge in [-0.2, -0.15) is 0 Å². The predicted molar refractivity (Wildman–Crippen MR) is 112 cm³/mol. The number of fused-ring (bicyclic) bond motifs is 1. The predicted octanol–water partition coefficient (Wildman–Crippen LogP) is 3.33. The third kappa shape index (κ3) is 4.58. The number of aromatic nitrogens is 1. The van der Waals surface area contributed by atoms with Crippen molar-refractivity contribution in [2.24, 2.45) is 11.5 Å². The summed E-state index contributed by atoms with van der Waals surface area (Å²) in [4.78, 5) is 15.6. The van der Waals surface area contributed by atoms with E-state index in [0.29, 0.717) is 30.8 Å². The molecule has 0 bridgehead atoms. The second-order valence-corrected chi connectivity index (χ2v) is 7.05. The van der Waals surface area contributed by atoms with E-state index in [9.17, 15) is 9.18 Å². The molecular formula is C22H27FN4O. The molecule has 1 atom stereocenters. The molecular weight excluding hydrogens is 355 g/mol. The largest absolute Gasteiger partial charge is 0.351 e. The lowest BCUT2D eigenvalue weighted by atomic mass is 10.0. The molecule has 1 heterocycles. The molecule has 1 amide bonds. The molecule has 3 aromatic rings. The number of rotatable bonds is 8. The van der Waals surface area contributed by atoms with E-state index in [4.69, 9.17) is 11.5 Å². The van der Waals surface area contributed by atoms with Crippen molar-refractivity contribution < 1.29 is 9.18 Å². The first-order chi connectivity index (χ1) is 13.5. The molecule has 0 fully saturated rings. The lowest BCUT2D eigenvalue weighted by Gasteiger charge is -2.11. The van der Waals surface area contributed by atoms with Gasteiger partial charge in [0.25, 0.3) is 5.91 Å². The van der Waals surface area contributed by atoms with Gasteiger partial charge in [-0.05, 0) is 66.8 Å². The average molecular weight is 382 g/mol. The molecule has 0 aliphatic heterocycles. The fourth-order valence-electron chi connectivity index (χ4n) is 3.26. The Labute approximate surface area is 164 Å². The van der Waals surface area contributed by atoms with Crippen LogP contribution in [0, 0.1) is 5.82 Å². The number of carbonyl (C=O) groups is 1. The summed E-state index contributed by atoms with van der Waals surface area (Å²) in [6, 6.07) is 12.8. The van der Waals surface area contributed by atoms with Crippen LogP contribution in [0.1, 0.15) is 35.8 Å². The summed E-state index contributed by atoms with van der Waals surface area (Å²) >= 11 is 0. The molecule has 0 spiro atoms. The minimum atomic E-state index is -0.184. The van der Waals surface area contributed by atoms with Gasteiger partial charge in [0.2, 0.25) is 0 Å². The van der Waals surface area contributed by atoms with Crippen LogP contribution in [0.4, 0.5) is 4.39 Å². The standard InChI is InChI=1S/C22H27FN4O/c1-2-14-10-15(7-8-19(14)23)16-5-6-17-12-21(27-20(17)11-16)22(28)26-13-18(25)4-3-9-24/h5-8,10-12,18,27H,2-4,9,13,24-25H2,1H3,(H,26,28)/t18-/m0/s1. The highest BCUT2D eigenvalue weighted by atomic mass is 19.1. The molecule has 0 aliphatic carbocycles. The van der Waals surface area contributed by atoms with E-state index in [2.05, 4.69) is 10.3 Å². The highest BCUT2D eigenvalue weighted by molar-refractivity contribution is 5.98. The van der Waals surface area contributed by atoms with Crippen LogP contribution < -0.4 is 16.8 Å². The number of H-pyrrole nitrogens is 1. The molecule has 2 aromatic carbocycles. The second-order valence-electron chi connectivity index (χ2n) is 7.05. The third-order valence-electron chi connectivity index (χ3n) is 4.93. The number of hydrogen-bond donors (Lipinski definition) is 4. The maximum absolute atomic E-state index is 13.8. The van der Waals surface area contributed by atoms with E-state index in [1.54, 1.807) is 6.07 Å². The van der Waals surface area contributed by atoms with Crippen molar-refractivity contribution in [2.75, 3.05) is 13.1 Å². The van der Waals surface area contributed by atoms with Crippen molar-refractivity contribution in [1.82, 2.24) is 10.3 Å². The Bertz CT molecular complexity index is 966. The van der Waals surface area contributed by atoms with Crippen molar-refractivity contribution >= 4 is 16.8 Å². The van der Waals surface area contributed by atoms with Crippen molar-refractivity contribution in [3.8, 4) is 11.1 Å². The summed E-state index contributed by atoms with van der Waals surface area (Å²) < 4.78 is 13.8. The highest BCUT2D eigenvalue weighted by Gasteiger charge is 2.12. The lowest BCUT2D eigenvalue weighted by Crippen LogP contribution is -2.37. The van der Waals surface area contributed by atoms with Gasteiger partial charge in [0.05, 0.1) is 0 Å². The average Bonchev–Trinajstić information content (AvgIpc) is 3.14. The number of halogens is 1. The minimum Gasteiger partial charge on any atom is -0.351 e. The molecule has 0 unspecified atom stereocenters. The molecule has 0 radical (unpaired) electrons. The topological polar surface area (TPSA) is 96.9 Å². The van der Waals surface area contributed by atoms with Crippen molar-refractivity contribution in [1.29, 1.82) is 0 Å². The maximum Gasteiger partial charge on any atom is 0.267 e. The van der Waals surface area contributed by atoms with Gasteiger partial charge in [-0.15, -0.1) is 0 Å². The monoisotopic (exact) mass is 382 g/mol. The normalized spacial score (nSPS) is 12.3. The van der Waals surface area contributed by atoms with Crippen LogP contribution in [0.5, 0.6) is 0 Å². The summed E-state index contributed by atoms with van der Waals surface area (Å²) in [5.41, 5.74) is 15.4. The molecule has 3 rings (SSSR count). The number of hydrogen-bond acceptors (Lipinski definition) is 3. The molecule has 5 nitrogen and oxygen atoms in total. The van der Waals surface area contributed by atoms with Crippen LogP contribution in [-0.2, 0) is 6.42 Å². The number of nitrogens with two attached hydrogens (primary N) is 2. The summed E-state index contributed by atoms with van der Waals surface area (Å²) in [7, 11) is 0. The van der Waals surface area contributed by atoms with Gasteiger partial charge in [0, 0.05) is 23.5 Å². The zero-order valence-electron chi connectivity index (χ0n) is 16.1. The van der Waals surface area contributed by atoms with Crippen molar-refractivity contribution in [3.63, 3.8) is 0 Å². The number of carbonyl (C=O) groups excluding carboxylic acids is 1. The van der Waals surface area contributed by atoms with E-state index in [0.717, 1.165) is 34.9 Å². The number of aryl methyl sites for hydroxylation is 1. The van der Waals surface area contributed by atoms with Crippen LogP contribution in [0.15, 0.2) is 42.5 Å². The first kappa shape index (κ1) is 20.0. The van der Waals surface area contributed by atoms with Crippen LogP contribution in [-0.4, -0.2) is 30.0 Å². The van der Waals surface area contributed by atoms with Gasteiger partial charge in [-0.3, -0.25) is 4.79 Å². The molecule has 148 valence electrons.